The van der Waals surface area contributed by atoms with Gasteiger partial charge in [0.15, 0.2) is 0 Å². The summed E-state index contributed by atoms with van der Waals surface area (Å²) in [6.07, 6.45) is 5.80. The van der Waals surface area contributed by atoms with Gasteiger partial charge in [-0.15, -0.1) is 0 Å². The van der Waals surface area contributed by atoms with Crippen molar-refractivity contribution in [2.45, 2.75) is 58.0 Å². The standard InChI is InChI=1S/C11H21NO2/c1-3-10(11(13)14-4-2)12-9-7-5-6-8-9/h9-10,12H,3-8H2,1-2H3. The number of carbonyl (C=O) groups excluding carboxylic acids is 1. The van der Waals surface area contributed by atoms with Gasteiger partial charge in [0.2, 0.25) is 0 Å². The van der Waals surface area contributed by atoms with E-state index >= 15 is 0 Å². The Balaban J connectivity index is 2.33. The van der Waals surface area contributed by atoms with Crippen molar-refractivity contribution in [2.75, 3.05) is 6.61 Å². The minimum Gasteiger partial charge on any atom is -0.465 e. The van der Waals surface area contributed by atoms with E-state index in [1.807, 2.05) is 13.8 Å². The van der Waals surface area contributed by atoms with E-state index in [4.69, 9.17) is 4.74 Å². The van der Waals surface area contributed by atoms with E-state index in [-0.39, 0.29) is 12.0 Å². The van der Waals surface area contributed by atoms with Gasteiger partial charge in [0.1, 0.15) is 6.04 Å². The highest BCUT2D eigenvalue weighted by Crippen LogP contribution is 2.18. The molecule has 3 nitrogen and oxygen atoms in total. The van der Waals surface area contributed by atoms with Gasteiger partial charge in [0.25, 0.3) is 0 Å². The summed E-state index contributed by atoms with van der Waals surface area (Å²) < 4.78 is 5.00. The lowest BCUT2D eigenvalue weighted by Crippen LogP contribution is -2.42. The third kappa shape index (κ3) is 3.29. The van der Waals surface area contributed by atoms with Crippen LogP contribution in [0, 0.1) is 0 Å². The molecular weight excluding hydrogens is 178 g/mol. The number of rotatable bonds is 5. The van der Waals surface area contributed by atoms with Crippen molar-refractivity contribution in [3.05, 3.63) is 0 Å². The number of hydrogen-bond donors (Lipinski definition) is 1. The summed E-state index contributed by atoms with van der Waals surface area (Å²) in [6, 6.07) is 0.433. The number of nitrogens with one attached hydrogen (secondary N) is 1. The minimum atomic E-state index is -0.0990. The summed E-state index contributed by atoms with van der Waals surface area (Å²) in [5.74, 6) is -0.0955. The maximum Gasteiger partial charge on any atom is 0.323 e. The summed E-state index contributed by atoms with van der Waals surface area (Å²) >= 11 is 0. The molecule has 1 aliphatic carbocycles. The molecule has 0 spiro atoms. The van der Waals surface area contributed by atoms with Crippen LogP contribution in [0.3, 0.4) is 0 Å². The Labute approximate surface area is 86.2 Å². The quantitative estimate of drug-likeness (QED) is 0.687. The van der Waals surface area contributed by atoms with E-state index in [0.717, 1.165) is 6.42 Å². The fraction of sp³-hybridized carbons (Fsp3) is 0.909. The molecule has 0 radical (unpaired) electrons. The zero-order valence-corrected chi connectivity index (χ0v) is 9.21. The zero-order chi connectivity index (χ0) is 10.4. The van der Waals surface area contributed by atoms with Crippen molar-refractivity contribution in [1.29, 1.82) is 0 Å². The molecule has 1 N–H and O–H groups in total. The second-order valence-corrected chi connectivity index (χ2v) is 3.86. The van der Waals surface area contributed by atoms with E-state index in [1.54, 1.807) is 0 Å². The summed E-state index contributed by atoms with van der Waals surface area (Å²) in [5, 5.41) is 3.38. The number of esters is 1. The van der Waals surface area contributed by atoms with Crippen LogP contribution in [-0.2, 0) is 9.53 Å². The molecule has 1 atom stereocenters. The van der Waals surface area contributed by atoms with Gasteiger partial charge in [-0.3, -0.25) is 4.79 Å². The minimum absolute atomic E-state index is 0.0955. The highest BCUT2D eigenvalue weighted by molar-refractivity contribution is 5.75. The molecule has 0 aliphatic heterocycles. The zero-order valence-electron chi connectivity index (χ0n) is 9.21. The fourth-order valence-corrected chi connectivity index (χ4v) is 1.97. The van der Waals surface area contributed by atoms with Gasteiger partial charge >= 0.3 is 5.97 Å². The first-order valence-corrected chi connectivity index (χ1v) is 5.70. The molecule has 0 aromatic carbocycles. The maximum atomic E-state index is 11.5. The summed E-state index contributed by atoms with van der Waals surface area (Å²) in [6.45, 7) is 4.34. The molecule has 1 fully saturated rings. The van der Waals surface area contributed by atoms with Crippen LogP contribution in [-0.4, -0.2) is 24.7 Å². The normalized spacial score (nSPS) is 19.6. The second-order valence-electron chi connectivity index (χ2n) is 3.86. The van der Waals surface area contributed by atoms with Crippen molar-refractivity contribution in [1.82, 2.24) is 5.32 Å². The molecule has 1 rings (SSSR count). The molecule has 0 bridgehead atoms. The van der Waals surface area contributed by atoms with E-state index in [2.05, 4.69) is 5.32 Å². The Morgan fingerprint density at radius 3 is 2.57 bits per heavy atom. The first kappa shape index (κ1) is 11.5. The second kappa shape index (κ2) is 6.02. The van der Waals surface area contributed by atoms with E-state index < -0.39 is 0 Å². The number of hydrogen-bond acceptors (Lipinski definition) is 3. The SMILES string of the molecule is CCOC(=O)C(CC)NC1CCCC1. The Kier molecular flexibility index (Phi) is 4.94. The lowest BCUT2D eigenvalue weighted by atomic mass is 10.1. The Bertz CT molecular complexity index is 176. The van der Waals surface area contributed by atoms with Gasteiger partial charge in [0, 0.05) is 6.04 Å². The average molecular weight is 199 g/mol. The topological polar surface area (TPSA) is 38.3 Å². The Morgan fingerprint density at radius 2 is 2.07 bits per heavy atom. The summed E-state index contributed by atoms with van der Waals surface area (Å²) in [5.41, 5.74) is 0. The van der Waals surface area contributed by atoms with Gasteiger partial charge in [-0.1, -0.05) is 19.8 Å². The van der Waals surface area contributed by atoms with Gasteiger partial charge in [0.05, 0.1) is 6.61 Å². The summed E-state index contributed by atoms with van der Waals surface area (Å²) in [7, 11) is 0. The lowest BCUT2D eigenvalue weighted by Gasteiger charge is -2.19. The van der Waals surface area contributed by atoms with Crippen molar-refractivity contribution >= 4 is 5.97 Å². The first-order chi connectivity index (χ1) is 6.77. The monoisotopic (exact) mass is 199 g/mol. The molecule has 0 aromatic rings. The molecule has 0 aromatic heterocycles. The molecule has 1 saturated carbocycles. The molecule has 0 saturated heterocycles. The van der Waals surface area contributed by atoms with E-state index in [0.29, 0.717) is 12.6 Å². The van der Waals surface area contributed by atoms with Gasteiger partial charge in [-0.25, -0.2) is 0 Å². The lowest BCUT2D eigenvalue weighted by molar-refractivity contribution is -0.146. The van der Waals surface area contributed by atoms with Crippen LogP contribution >= 0.6 is 0 Å². The van der Waals surface area contributed by atoms with Crippen molar-refractivity contribution in [2.24, 2.45) is 0 Å². The molecule has 0 heterocycles. The largest absolute Gasteiger partial charge is 0.465 e. The highest BCUT2D eigenvalue weighted by Gasteiger charge is 2.23. The summed E-state index contributed by atoms with van der Waals surface area (Å²) in [4.78, 5) is 11.5. The van der Waals surface area contributed by atoms with Crippen molar-refractivity contribution < 1.29 is 9.53 Å². The first-order valence-electron chi connectivity index (χ1n) is 5.70. The molecule has 0 amide bonds. The smallest absolute Gasteiger partial charge is 0.323 e. The molecule has 3 heteroatoms. The van der Waals surface area contributed by atoms with Crippen LogP contribution in [0.1, 0.15) is 46.0 Å². The maximum absolute atomic E-state index is 11.5. The molecule has 1 unspecified atom stereocenters. The van der Waals surface area contributed by atoms with Crippen LogP contribution in [0.4, 0.5) is 0 Å². The van der Waals surface area contributed by atoms with Gasteiger partial charge in [-0.2, -0.15) is 0 Å². The molecule has 82 valence electrons. The fourth-order valence-electron chi connectivity index (χ4n) is 1.97. The number of ether oxygens (including phenoxy) is 1. The van der Waals surface area contributed by atoms with Crippen LogP contribution in [0.15, 0.2) is 0 Å². The number of carbonyl (C=O) groups is 1. The Morgan fingerprint density at radius 1 is 1.43 bits per heavy atom. The van der Waals surface area contributed by atoms with Crippen LogP contribution < -0.4 is 5.32 Å². The molecule has 14 heavy (non-hydrogen) atoms. The van der Waals surface area contributed by atoms with E-state index in [1.165, 1.54) is 25.7 Å². The van der Waals surface area contributed by atoms with Gasteiger partial charge < -0.3 is 10.1 Å². The third-order valence-corrected chi connectivity index (χ3v) is 2.77. The highest BCUT2D eigenvalue weighted by atomic mass is 16.5. The molecule has 1 aliphatic rings. The van der Waals surface area contributed by atoms with Crippen LogP contribution in [0.2, 0.25) is 0 Å². The Hall–Kier alpha value is -0.570. The van der Waals surface area contributed by atoms with Crippen LogP contribution in [0.5, 0.6) is 0 Å². The van der Waals surface area contributed by atoms with Crippen LogP contribution in [0.25, 0.3) is 0 Å². The predicted octanol–water partition coefficient (Wildman–Crippen LogP) is 1.86. The van der Waals surface area contributed by atoms with Crippen molar-refractivity contribution in [3.8, 4) is 0 Å². The van der Waals surface area contributed by atoms with Crippen molar-refractivity contribution in [3.63, 3.8) is 0 Å². The average Bonchev–Trinajstić information content (AvgIpc) is 2.66. The molecular formula is C11H21NO2. The third-order valence-electron chi connectivity index (χ3n) is 2.77. The predicted molar refractivity (Wildman–Crippen MR) is 56.1 cm³/mol. The van der Waals surface area contributed by atoms with E-state index in [9.17, 15) is 4.79 Å². The van der Waals surface area contributed by atoms with Gasteiger partial charge in [-0.05, 0) is 26.2 Å².